The van der Waals surface area contributed by atoms with Crippen molar-refractivity contribution in [3.8, 4) is 11.6 Å². The van der Waals surface area contributed by atoms with Gasteiger partial charge in [-0.2, -0.15) is 0 Å². The van der Waals surface area contributed by atoms with Gasteiger partial charge in [0.1, 0.15) is 17.3 Å². The van der Waals surface area contributed by atoms with E-state index in [2.05, 4.69) is 4.98 Å². The van der Waals surface area contributed by atoms with Gasteiger partial charge in [0.25, 0.3) is 0 Å². The number of nitrogens with zero attached hydrogens (tertiary/aromatic N) is 1. The molecule has 5 nitrogen and oxygen atoms in total. The molecule has 0 saturated heterocycles. The lowest BCUT2D eigenvalue weighted by Gasteiger charge is -2.10. The Morgan fingerprint density at radius 1 is 1.43 bits per heavy atom. The van der Waals surface area contributed by atoms with E-state index in [0.29, 0.717) is 0 Å². The molecule has 1 heterocycles. The van der Waals surface area contributed by atoms with Crippen LogP contribution in [0.5, 0.6) is 11.6 Å². The molecule has 0 amide bonds. The van der Waals surface area contributed by atoms with Crippen LogP contribution in [0.15, 0.2) is 30.5 Å². The molecule has 0 spiro atoms. The number of anilines is 1. The van der Waals surface area contributed by atoms with E-state index in [1.165, 1.54) is 24.4 Å². The van der Waals surface area contributed by atoms with Crippen LogP contribution in [0.2, 0.25) is 5.02 Å². The number of esters is 1. The third-order valence-electron chi connectivity index (χ3n) is 2.55. The quantitative estimate of drug-likeness (QED) is 0.876. The molecule has 2 rings (SSSR count). The number of nitrogens with two attached hydrogens (primary N) is 1. The van der Waals surface area contributed by atoms with Crippen molar-refractivity contribution in [3.63, 3.8) is 0 Å². The van der Waals surface area contributed by atoms with Gasteiger partial charge in [-0.3, -0.25) is 0 Å². The Hall–Kier alpha value is -2.34. The van der Waals surface area contributed by atoms with Crippen LogP contribution < -0.4 is 10.5 Å². The Kier molecular flexibility index (Phi) is 4.59. The second-order valence-electron chi connectivity index (χ2n) is 3.98. The number of hydrogen-bond donors (Lipinski definition) is 1. The fraction of sp³-hybridized carbons (Fsp3) is 0.143. The molecule has 2 aromatic rings. The van der Waals surface area contributed by atoms with E-state index >= 15 is 0 Å². The van der Waals surface area contributed by atoms with Crippen molar-refractivity contribution in [1.82, 2.24) is 4.98 Å². The van der Waals surface area contributed by atoms with Crippen molar-refractivity contribution in [3.05, 3.63) is 46.9 Å². The molecule has 7 heteroatoms. The summed E-state index contributed by atoms with van der Waals surface area (Å²) in [5.74, 6) is -1.06. The van der Waals surface area contributed by atoms with Gasteiger partial charge < -0.3 is 15.2 Å². The second-order valence-corrected chi connectivity index (χ2v) is 4.38. The van der Waals surface area contributed by atoms with Crippen LogP contribution in [-0.2, 0) is 4.74 Å². The van der Waals surface area contributed by atoms with Crippen LogP contribution in [0.25, 0.3) is 0 Å². The lowest BCUT2D eigenvalue weighted by molar-refractivity contribution is 0.0527. The minimum Gasteiger partial charge on any atom is -0.462 e. The van der Waals surface area contributed by atoms with Gasteiger partial charge in [-0.1, -0.05) is 11.6 Å². The first-order valence-electron chi connectivity index (χ1n) is 6.07. The van der Waals surface area contributed by atoms with E-state index in [4.69, 9.17) is 26.8 Å². The first-order chi connectivity index (χ1) is 10.0. The maximum Gasteiger partial charge on any atom is 0.340 e. The SMILES string of the molecule is CCOC(=O)c1ccnc(Oc2ccc(Cl)c(F)c2)c1N. The normalized spacial score (nSPS) is 10.2. The molecule has 0 atom stereocenters. The van der Waals surface area contributed by atoms with Gasteiger partial charge in [0.2, 0.25) is 5.88 Å². The first-order valence-corrected chi connectivity index (χ1v) is 6.45. The molecule has 110 valence electrons. The molecule has 2 N–H and O–H groups in total. The Labute approximate surface area is 125 Å². The third-order valence-corrected chi connectivity index (χ3v) is 2.86. The van der Waals surface area contributed by atoms with Crippen LogP contribution in [-0.4, -0.2) is 17.6 Å². The monoisotopic (exact) mass is 310 g/mol. The standard InChI is InChI=1S/C14H12ClFN2O3/c1-2-20-14(19)9-5-6-18-13(12(9)17)21-8-3-4-10(15)11(16)7-8/h3-7H,2,17H2,1H3. The van der Waals surface area contributed by atoms with E-state index in [-0.39, 0.29) is 34.5 Å². The maximum atomic E-state index is 13.4. The predicted octanol–water partition coefficient (Wildman–Crippen LogP) is 3.43. The van der Waals surface area contributed by atoms with E-state index in [9.17, 15) is 9.18 Å². The fourth-order valence-electron chi connectivity index (χ4n) is 1.57. The van der Waals surface area contributed by atoms with E-state index in [1.807, 2.05) is 0 Å². The maximum absolute atomic E-state index is 13.4. The van der Waals surface area contributed by atoms with Gasteiger partial charge in [-0.05, 0) is 25.1 Å². The molecule has 0 fully saturated rings. The average molecular weight is 311 g/mol. The van der Waals surface area contributed by atoms with Crippen LogP contribution in [0.3, 0.4) is 0 Å². The minimum absolute atomic E-state index is 0.0118. The Bertz CT molecular complexity index is 679. The van der Waals surface area contributed by atoms with Crippen molar-refractivity contribution < 1.29 is 18.7 Å². The number of benzene rings is 1. The highest BCUT2D eigenvalue weighted by Gasteiger charge is 2.16. The smallest absolute Gasteiger partial charge is 0.340 e. The number of carbonyl (C=O) groups excluding carboxylic acids is 1. The van der Waals surface area contributed by atoms with Crippen molar-refractivity contribution >= 4 is 23.3 Å². The molecule has 0 aliphatic heterocycles. The van der Waals surface area contributed by atoms with E-state index in [0.717, 1.165) is 6.07 Å². The largest absolute Gasteiger partial charge is 0.462 e. The van der Waals surface area contributed by atoms with E-state index < -0.39 is 11.8 Å². The third kappa shape index (κ3) is 3.41. The Morgan fingerprint density at radius 3 is 2.86 bits per heavy atom. The molecular weight excluding hydrogens is 299 g/mol. The molecule has 1 aromatic carbocycles. The summed E-state index contributed by atoms with van der Waals surface area (Å²) in [6, 6.07) is 5.32. The number of halogens is 2. The molecular formula is C14H12ClFN2O3. The van der Waals surface area contributed by atoms with Gasteiger partial charge in [0.05, 0.1) is 17.2 Å². The lowest BCUT2D eigenvalue weighted by atomic mass is 10.2. The summed E-state index contributed by atoms with van der Waals surface area (Å²) < 4.78 is 23.6. The van der Waals surface area contributed by atoms with Crippen molar-refractivity contribution in [2.75, 3.05) is 12.3 Å². The summed E-state index contributed by atoms with van der Waals surface area (Å²) in [6.45, 7) is 1.91. The molecule has 0 radical (unpaired) electrons. The zero-order valence-electron chi connectivity index (χ0n) is 11.1. The minimum atomic E-state index is -0.630. The topological polar surface area (TPSA) is 74.4 Å². The number of hydrogen-bond acceptors (Lipinski definition) is 5. The summed E-state index contributed by atoms with van der Waals surface area (Å²) in [5, 5.41) is -0.0245. The Morgan fingerprint density at radius 2 is 2.19 bits per heavy atom. The zero-order valence-corrected chi connectivity index (χ0v) is 11.9. The molecule has 0 unspecified atom stereocenters. The van der Waals surface area contributed by atoms with Gasteiger partial charge in [0, 0.05) is 12.3 Å². The molecule has 0 aliphatic carbocycles. The van der Waals surface area contributed by atoms with E-state index in [1.54, 1.807) is 6.92 Å². The van der Waals surface area contributed by atoms with Crippen molar-refractivity contribution in [2.24, 2.45) is 0 Å². The summed E-state index contributed by atoms with van der Waals surface area (Å²) in [6.07, 6.45) is 1.35. The average Bonchev–Trinajstić information content (AvgIpc) is 2.45. The summed E-state index contributed by atoms with van der Waals surface area (Å²) >= 11 is 5.58. The second kappa shape index (κ2) is 6.41. The Balaban J connectivity index is 2.30. The van der Waals surface area contributed by atoms with Gasteiger partial charge >= 0.3 is 5.97 Å². The molecule has 21 heavy (non-hydrogen) atoms. The van der Waals surface area contributed by atoms with Gasteiger partial charge in [0.15, 0.2) is 0 Å². The van der Waals surface area contributed by atoms with Crippen LogP contribution in [0.4, 0.5) is 10.1 Å². The van der Waals surface area contributed by atoms with Gasteiger partial charge in [-0.15, -0.1) is 0 Å². The summed E-state index contributed by atoms with van der Waals surface area (Å²) in [5.41, 5.74) is 5.98. The lowest BCUT2D eigenvalue weighted by Crippen LogP contribution is -2.09. The predicted molar refractivity (Wildman–Crippen MR) is 76.1 cm³/mol. The number of carbonyl (C=O) groups is 1. The van der Waals surface area contributed by atoms with Crippen LogP contribution in [0, 0.1) is 5.82 Å². The number of aromatic nitrogens is 1. The first kappa shape index (κ1) is 15.1. The number of nitrogen functional groups attached to an aromatic ring is 1. The summed E-state index contributed by atoms with van der Waals surface area (Å²) in [4.78, 5) is 15.6. The highest BCUT2D eigenvalue weighted by atomic mass is 35.5. The molecule has 1 aromatic heterocycles. The molecule has 0 bridgehead atoms. The molecule has 0 aliphatic rings. The van der Waals surface area contributed by atoms with Gasteiger partial charge in [-0.25, -0.2) is 14.2 Å². The van der Waals surface area contributed by atoms with Crippen LogP contribution in [0.1, 0.15) is 17.3 Å². The van der Waals surface area contributed by atoms with Crippen molar-refractivity contribution in [2.45, 2.75) is 6.92 Å². The number of rotatable bonds is 4. The summed E-state index contributed by atoms with van der Waals surface area (Å²) in [7, 11) is 0. The molecule has 0 saturated carbocycles. The number of pyridine rings is 1. The van der Waals surface area contributed by atoms with Crippen LogP contribution >= 0.6 is 11.6 Å². The fourth-order valence-corrected chi connectivity index (χ4v) is 1.69. The zero-order chi connectivity index (χ0) is 15.4. The highest BCUT2D eigenvalue weighted by molar-refractivity contribution is 6.30. The number of ether oxygens (including phenoxy) is 2. The van der Waals surface area contributed by atoms with Crippen molar-refractivity contribution in [1.29, 1.82) is 0 Å². The highest BCUT2D eigenvalue weighted by Crippen LogP contribution is 2.29.